The third-order valence-electron chi connectivity index (χ3n) is 4.69. The van der Waals surface area contributed by atoms with Gasteiger partial charge in [-0.25, -0.2) is 0 Å². The molecule has 0 saturated heterocycles. The second-order valence-electron chi connectivity index (χ2n) is 7.94. The number of benzene rings is 3. The maximum Gasteiger partial charge on any atom is 0.255 e. The Morgan fingerprint density at radius 3 is 1.97 bits per heavy atom. The van der Waals surface area contributed by atoms with Crippen molar-refractivity contribution in [2.75, 3.05) is 12.4 Å². The summed E-state index contributed by atoms with van der Waals surface area (Å²) in [5, 5.41) is 2.88. The van der Waals surface area contributed by atoms with Crippen LogP contribution in [0.15, 0.2) is 72.8 Å². The molecule has 0 aliphatic heterocycles. The van der Waals surface area contributed by atoms with Gasteiger partial charge in [-0.2, -0.15) is 0 Å². The van der Waals surface area contributed by atoms with Crippen LogP contribution in [-0.4, -0.2) is 13.0 Å². The quantitative estimate of drug-likeness (QED) is 0.577. The summed E-state index contributed by atoms with van der Waals surface area (Å²) in [6, 6.07) is 22.9. The molecular formula is C25H27NO3. The molecule has 3 rings (SSSR count). The molecule has 0 aliphatic rings. The van der Waals surface area contributed by atoms with E-state index in [4.69, 9.17) is 9.47 Å². The van der Waals surface area contributed by atoms with E-state index >= 15 is 0 Å². The van der Waals surface area contributed by atoms with E-state index in [1.54, 1.807) is 19.2 Å². The summed E-state index contributed by atoms with van der Waals surface area (Å²) in [6.45, 7) is 7.02. The number of amides is 1. The zero-order valence-electron chi connectivity index (χ0n) is 17.4. The Labute approximate surface area is 172 Å². The number of carbonyl (C=O) groups excluding carboxylic acids is 1. The van der Waals surface area contributed by atoms with Crippen LogP contribution < -0.4 is 14.8 Å². The van der Waals surface area contributed by atoms with Gasteiger partial charge in [0.15, 0.2) is 0 Å². The molecule has 0 heterocycles. The highest BCUT2D eigenvalue weighted by Crippen LogP contribution is 2.24. The fourth-order valence-corrected chi connectivity index (χ4v) is 2.85. The Kier molecular flexibility index (Phi) is 6.23. The second kappa shape index (κ2) is 8.82. The van der Waals surface area contributed by atoms with Crippen molar-refractivity contribution in [3.63, 3.8) is 0 Å². The van der Waals surface area contributed by atoms with Crippen molar-refractivity contribution in [3.05, 3.63) is 89.5 Å². The minimum Gasteiger partial charge on any atom is -0.497 e. The number of methoxy groups -OCH3 is 1. The van der Waals surface area contributed by atoms with Crippen molar-refractivity contribution in [2.45, 2.75) is 32.8 Å². The zero-order valence-corrected chi connectivity index (χ0v) is 17.4. The zero-order chi connectivity index (χ0) is 20.9. The SMILES string of the molecule is COc1ccc(NC(=O)c2ccc(COc3ccc(C(C)(C)C)cc3)cc2)cc1. The van der Waals surface area contributed by atoms with Crippen molar-refractivity contribution in [1.82, 2.24) is 0 Å². The molecule has 3 aromatic rings. The van der Waals surface area contributed by atoms with Crippen molar-refractivity contribution < 1.29 is 14.3 Å². The second-order valence-corrected chi connectivity index (χ2v) is 7.94. The first-order valence-corrected chi connectivity index (χ1v) is 9.63. The predicted molar refractivity (Wildman–Crippen MR) is 117 cm³/mol. The lowest BCUT2D eigenvalue weighted by atomic mass is 9.87. The average Bonchev–Trinajstić information content (AvgIpc) is 2.73. The van der Waals surface area contributed by atoms with E-state index in [1.807, 2.05) is 48.5 Å². The van der Waals surface area contributed by atoms with Crippen molar-refractivity contribution in [3.8, 4) is 11.5 Å². The van der Waals surface area contributed by atoms with Crippen LogP contribution in [0, 0.1) is 0 Å². The van der Waals surface area contributed by atoms with E-state index in [2.05, 4.69) is 38.2 Å². The van der Waals surface area contributed by atoms with Crippen LogP contribution in [0.25, 0.3) is 0 Å². The molecule has 1 N–H and O–H groups in total. The first kappa shape index (κ1) is 20.5. The van der Waals surface area contributed by atoms with E-state index < -0.39 is 0 Å². The van der Waals surface area contributed by atoms with E-state index in [0.29, 0.717) is 12.2 Å². The molecule has 0 spiro atoms. The smallest absolute Gasteiger partial charge is 0.255 e. The lowest BCUT2D eigenvalue weighted by Crippen LogP contribution is -2.12. The maximum atomic E-state index is 12.4. The summed E-state index contributed by atoms with van der Waals surface area (Å²) in [5.41, 5.74) is 3.73. The Morgan fingerprint density at radius 1 is 0.828 bits per heavy atom. The molecule has 0 aromatic heterocycles. The lowest BCUT2D eigenvalue weighted by molar-refractivity contribution is 0.102. The standard InChI is InChI=1S/C25H27NO3/c1-25(2,3)20-9-13-23(14-10-20)29-17-18-5-7-19(8-6-18)24(27)26-21-11-15-22(28-4)16-12-21/h5-16H,17H2,1-4H3,(H,26,27). The van der Waals surface area contributed by atoms with Crippen LogP contribution in [0.5, 0.6) is 11.5 Å². The number of nitrogens with one attached hydrogen (secondary N) is 1. The van der Waals surface area contributed by atoms with Gasteiger partial charge in [-0.05, 0) is 65.1 Å². The number of ether oxygens (including phenoxy) is 2. The topological polar surface area (TPSA) is 47.6 Å². The summed E-state index contributed by atoms with van der Waals surface area (Å²) < 4.78 is 11.0. The van der Waals surface area contributed by atoms with Crippen molar-refractivity contribution in [1.29, 1.82) is 0 Å². The highest BCUT2D eigenvalue weighted by Gasteiger charge is 2.13. The molecule has 3 aromatic carbocycles. The average molecular weight is 389 g/mol. The molecule has 1 amide bonds. The third-order valence-corrected chi connectivity index (χ3v) is 4.69. The van der Waals surface area contributed by atoms with Crippen LogP contribution in [-0.2, 0) is 12.0 Å². The third kappa shape index (κ3) is 5.61. The van der Waals surface area contributed by atoms with Crippen LogP contribution in [0.2, 0.25) is 0 Å². The van der Waals surface area contributed by atoms with Crippen LogP contribution in [0.1, 0.15) is 42.3 Å². The summed E-state index contributed by atoms with van der Waals surface area (Å²) in [5.74, 6) is 1.43. The fraction of sp³-hybridized carbons (Fsp3) is 0.240. The normalized spacial score (nSPS) is 11.0. The minimum atomic E-state index is -0.152. The molecular weight excluding hydrogens is 362 g/mol. The number of anilines is 1. The molecule has 0 bridgehead atoms. The van der Waals surface area contributed by atoms with Gasteiger partial charge in [0.05, 0.1) is 7.11 Å². The highest BCUT2D eigenvalue weighted by molar-refractivity contribution is 6.04. The van der Waals surface area contributed by atoms with Gasteiger partial charge in [-0.1, -0.05) is 45.0 Å². The van der Waals surface area contributed by atoms with E-state index in [9.17, 15) is 4.79 Å². The predicted octanol–water partition coefficient (Wildman–Crippen LogP) is 5.82. The Bertz CT molecular complexity index is 937. The van der Waals surface area contributed by atoms with E-state index in [-0.39, 0.29) is 11.3 Å². The molecule has 29 heavy (non-hydrogen) atoms. The Hall–Kier alpha value is -3.27. The van der Waals surface area contributed by atoms with Crippen LogP contribution >= 0.6 is 0 Å². The molecule has 4 heteroatoms. The lowest BCUT2D eigenvalue weighted by Gasteiger charge is -2.19. The van der Waals surface area contributed by atoms with Crippen LogP contribution in [0.3, 0.4) is 0 Å². The first-order chi connectivity index (χ1) is 13.8. The van der Waals surface area contributed by atoms with Gasteiger partial charge >= 0.3 is 0 Å². The molecule has 0 saturated carbocycles. The van der Waals surface area contributed by atoms with Gasteiger partial charge in [-0.3, -0.25) is 4.79 Å². The van der Waals surface area contributed by atoms with E-state index in [0.717, 1.165) is 22.7 Å². The molecule has 0 fully saturated rings. The summed E-state index contributed by atoms with van der Waals surface area (Å²) in [7, 11) is 1.61. The molecule has 4 nitrogen and oxygen atoms in total. The molecule has 0 atom stereocenters. The molecule has 0 radical (unpaired) electrons. The molecule has 0 unspecified atom stereocenters. The maximum absolute atomic E-state index is 12.4. The van der Waals surface area contributed by atoms with Crippen molar-refractivity contribution >= 4 is 11.6 Å². The van der Waals surface area contributed by atoms with Gasteiger partial charge < -0.3 is 14.8 Å². The van der Waals surface area contributed by atoms with Crippen molar-refractivity contribution in [2.24, 2.45) is 0 Å². The number of hydrogen-bond acceptors (Lipinski definition) is 3. The van der Waals surface area contributed by atoms with Gasteiger partial charge in [0.2, 0.25) is 0 Å². The summed E-state index contributed by atoms with van der Waals surface area (Å²) in [6.07, 6.45) is 0. The number of hydrogen-bond donors (Lipinski definition) is 1. The fourth-order valence-electron chi connectivity index (χ4n) is 2.85. The minimum absolute atomic E-state index is 0.126. The Balaban J connectivity index is 1.56. The molecule has 150 valence electrons. The van der Waals surface area contributed by atoms with Gasteiger partial charge in [-0.15, -0.1) is 0 Å². The summed E-state index contributed by atoms with van der Waals surface area (Å²) in [4.78, 5) is 12.4. The molecule has 0 aliphatic carbocycles. The van der Waals surface area contributed by atoms with Gasteiger partial charge in [0, 0.05) is 11.3 Å². The summed E-state index contributed by atoms with van der Waals surface area (Å²) >= 11 is 0. The Morgan fingerprint density at radius 2 is 1.41 bits per heavy atom. The highest BCUT2D eigenvalue weighted by atomic mass is 16.5. The van der Waals surface area contributed by atoms with E-state index in [1.165, 1.54) is 5.56 Å². The number of carbonyl (C=O) groups is 1. The van der Waals surface area contributed by atoms with Crippen LogP contribution in [0.4, 0.5) is 5.69 Å². The van der Waals surface area contributed by atoms with Gasteiger partial charge in [0.1, 0.15) is 18.1 Å². The monoisotopic (exact) mass is 389 g/mol. The first-order valence-electron chi connectivity index (χ1n) is 9.63. The number of rotatable bonds is 6. The largest absolute Gasteiger partial charge is 0.497 e. The van der Waals surface area contributed by atoms with Gasteiger partial charge in [0.25, 0.3) is 5.91 Å².